The maximum absolute atomic E-state index is 13.0. The van der Waals surface area contributed by atoms with Crippen molar-refractivity contribution in [1.82, 2.24) is 9.55 Å². The van der Waals surface area contributed by atoms with E-state index in [0.717, 1.165) is 12.8 Å². The lowest BCUT2D eigenvalue weighted by Crippen LogP contribution is -2.24. The largest absolute Gasteiger partial charge is 0.464 e. The third-order valence-electron chi connectivity index (χ3n) is 6.20. The van der Waals surface area contributed by atoms with Crippen LogP contribution in [0.5, 0.6) is 0 Å². The van der Waals surface area contributed by atoms with E-state index in [1.807, 2.05) is 35.8 Å². The fraction of sp³-hybridized carbons (Fsp3) is 0.423. The van der Waals surface area contributed by atoms with Crippen LogP contribution in [0.3, 0.4) is 0 Å². The Morgan fingerprint density at radius 3 is 2.80 bits per heavy atom. The van der Waals surface area contributed by atoms with Gasteiger partial charge in [-0.3, -0.25) is 4.79 Å². The summed E-state index contributed by atoms with van der Waals surface area (Å²) in [6.45, 7) is 3.22. The summed E-state index contributed by atoms with van der Waals surface area (Å²) in [5.74, 6) is -1.02. The quantitative estimate of drug-likeness (QED) is 0.382. The van der Waals surface area contributed by atoms with Gasteiger partial charge in [-0.2, -0.15) is 0 Å². The lowest BCUT2D eigenvalue weighted by Gasteiger charge is -2.13. The number of carbonyl (C=O) groups excluding carboxylic acids is 2. The van der Waals surface area contributed by atoms with Crippen LogP contribution >= 0.6 is 0 Å². The van der Waals surface area contributed by atoms with Crippen LogP contribution in [0.1, 0.15) is 35.8 Å². The van der Waals surface area contributed by atoms with Gasteiger partial charge in [-0.25, -0.2) is 9.78 Å². The zero-order valence-corrected chi connectivity index (χ0v) is 20.1. The van der Waals surface area contributed by atoms with Gasteiger partial charge in [0.05, 0.1) is 43.8 Å². The number of hydrogen-bond acceptors (Lipinski definition) is 7. The number of ether oxygens (including phenoxy) is 2. The van der Waals surface area contributed by atoms with Gasteiger partial charge >= 0.3 is 5.97 Å². The van der Waals surface area contributed by atoms with Crippen LogP contribution < -0.4 is 10.6 Å². The molecule has 4 rings (SSSR count). The van der Waals surface area contributed by atoms with Crippen molar-refractivity contribution >= 4 is 34.3 Å². The van der Waals surface area contributed by atoms with Crippen molar-refractivity contribution in [3.05, 3.63) is 53.9 Å². The van der Waals surface area contributed by atoms with Crippen molar-refractivity contribution in [1.29, 1.82) is 0 Å². The number of aliphatic hydroxyl groups excluding tert-OH is 1. The number of benzene rings is 1. The molecular formula is C26H32N4O5. The number of anilines is 2. The van der Waals surface area contributed by atoms with Gasteiger partial charge in [-0.05, 0) is 37.8 Å². The van der Waals surface area contributed by atoms with Gasteiger partial charge in [-0.15, -0.1) is 0 Å². The smallest absolute Gasteiger partial charge is 0.356 e. The zero-order valence-electron chi connectivity index (χ0n) is 20.1. The molecule has 3 N–H and O–H groups in total. The highest BCUT2D eigenvalue weighted by molar-refractivity contribution is 6.11. The monoisotopic (exact) mass is 480 g/mol. The molecule has 1 aromatic carbocycles. The van der Waals surface area contributed by atoms with E-state index in [2.05, 4.69) is 27.8 Å². The Morgan fingerprint density at radius 2 is 2.11 bits per heavy atom. The van der Waals surface area contributed by atoms with Gasteiger partial charge in [0.2, 0.25) is 5.91 Å². The number of rotatable bonds is 10. The summed E-state index contributed by atoms with van der Waals surface area (Å²) in [7, 11) is 1.33. The summed E-state index contributed by atoms with van der Waals surface area (Å²) >= 11 is 0. The van der Waals surface area contributed by atoms with Crippen LogP contribution in [-0.2, 0) is 27.2 Å². The minimum Gasteiger partial charge on any atom is -0.464 e. The molecule has 1 amide bonds. The molecule has 9 nitrogen and oxygen atoms in total. The molecule has 3 aromatic rings. The average Bonchev–Trinajstić information content (AvgIpc) is 3.52. The number of aryl methyl sites for hydroxylation is 2. The Bertz CT molecular complexity index is 1170. The molecule has 0 saturated carbocycles. The van der Waals surface area contributed by atoms with Crippen molar-refractivity contribution in [3.63, 3.8) is 0 Å². The second-order valence-electron chi connectivity index (χ2n) is 8.83. The predicted octanol–water partition coefficient (Wildman–Crippen LogP) is 3.22. The lowest BCUT2D eigenvalue weighted by atomic mass is 10.1. The normalized spacial score (nSPS) is 16.3. The second-order valence-corrected chi connectivity index (χ2v) is 8.83. The maximum atomic E-state index is 13.0. The van der Waals surface area contributed by atoms with Gasteiger partial charge in [0.25, 0.3) is 0 Å². The number of methoxy groups -OCH3 is 1. The van der Waals surface area contributed by atoms with Crippen LogP contribution in [0.25, 0.3) is 11.0 Å². The number of nitrogens with zero attached hydrogens (tertiary/aromatic N) is 2. The molecule has 0 bridgehead atoms. The molecule has 0 aliphatic carbocycles. The van der Waals surface area contributed by atoms with E-state index in [-0.39, 0.29) is 30.2 Å². The van der Waals surface area contributed by atoms with Crippen molar-refractivity contribution in [2.45, 2.75) is 38.8 Å². The number of carbonyl (C=O) groups is 2. The van der Waals surface area contributed by atoms with Crippen LogP contribution in [0.4, 0.5) is 11.4 Å². The first-order chi connectivity index (χ1) is 17.0. The van der Waals surface area contributed by atoms with Gasteiger partial charge in [0.15, 0.2) is 5.69 Å². The molecule has 1 fully saturated rings. The summed E-state index contributed by atoms with van der Waals surface area (Å²) in [6, 6.07) is 11.8. The third-order valence-corrected chi connectivity index (χ3v) is 6.20. The molecule has 1 aliphatic heterocycles. The number of pyridine rings is 1. The highest BCUT2D eigenvalue weighted by Gasteiger charge is 2.29. The lowest BCUT2D eigenvalue weighted by molar-refractivity contribution is -0.119. The molecular weight excluding hydrogens is 448 g/mol. The molecule has 0 radical (unpaired) electrons. The predicted molar refractivity (Wildman–Crippen MR) is 134 cm³/mol. The molecule has 3 heterocycles. The number of nitrogens with one attached hydrogen (secondary N) is 2. The number of aliphatic hydroxyl groups is 1. The SMILES string of the molecule is COC(=O)c1c(NC(=O)[C@H]2CCOC2)c2cc(N[C@H](C)CO)cnc2n1CCCc1ccccc1. The van der Waals surface area contributed by atoms with E-state index in [1.165, 1.54) is 12.7 Å². The number of hydrogen-bond donors (Lipinski definition) is 3. The summed E-state index contributed by atoms with van der Waals surface area (Å²) in [4.78, 5) is 30.6. The van der Waals surface area contributed by atoms with Gasteiger partial charge in [0.1, 0.15) is 5.65 Å². The second kappa shape index (κ2) is 11.3. The number of fused-ring (bicyclic) bond motifs is 1. The minimum absolute atomic E-state index is 0.0444. The first-order valence-corrected chi connectivity index (χ1v) is 11.9. The molecule has 186 valence electrons. The Morgan fingerprint density at radius 1 is 1.31 bits per heavy atom. The molecule has 2 atom stereocenters. The van der Waals surface area contributed by atoms with Crippen LogP contribution in [-0.4, -0.2) is 59.5 Å². The molecule has 0 spiro atoms. The van der Waals surface area contributed by atoms with Crippen LogP contribution in [0.2, 0.25) is 0 Å². The molecule has 1 aliphatic rings. The number of esters is 1. The van der Waals surface area contributed by atoms with E-state index >= 15 is 0 Å². The Hall–Kier alpha value is -3.43. The van der Waals surface area contributed by atoms with E-state index in [9.17, 15) is 14.7 Å². The van der Waals surface area contributed by atoms with Crippen LogP contribution in [0, 0.1) is 5.92 Å². The molecule has 1 saturated heterocycles. The Kier molecular flexibility index (Phi) is 7.99. The fourth-order valence-electron chi connectivity index (χ4n) is 4.34. The summed E-state index contributed by atoms with van der Waals surface area (Å²) < 4.78 is 12.3. The molecule has 0 unspecified atom stereocenters. The highest BCUT2D eigenvalue weighted by Crippen LogP contribution is 2.34. The van der Waals surface area contributed by atoms with Crippen molar-refractivity contribution in [3.8, 4) is 0 Å². The molecule has 9 heteroatoms. The minimum atomic E-state index is -0.543. The molecule has 2 aromatic heterocycles. The third kappa shape index (κ3) is 5.63. The number of aromatic nitrogens is 2. The average molecular weight is 481 g/mol. The first-order valence-electron chi connectivity index (χ1n) is 11.9. The van der Waals surface area contributed by atoms with Gasteiger partial charge in [-0.1, -0.05) is 30.3 Å². The Labute approximate surface area is 204 Å². The van der Waals surface area contributed by atoms with E-state index in [4.69, 9.17) is 9.47 Å². The summed E-state index contributed by atoms with van der Waals surface area (Å²) in [5, 5.41) is 16.2. The van der Waals surface area contributed by atoms with Crippen molar-refractivity contribution in [2.24, 2.45) is 5.92 Å². The Balaban J connectivity index is 1.74. The highest BCUT2D eigenvalue weighted by atomic mass is 16.5. The van der Waals surface area contributed by atoms with Crippen molar-refractivity contribution in [2.75, 3.05) is 37.6 Å². The molecule has 35 heavy (non-hydrogen) atoms. The summed E-state index contributed by atoms with van der Waals surface area (Å²) in [6.07, 6.45) is 3.90. The van der Waals surface area contributed by atoms with E-state index in [0.29, 0.717) is 48.6 Å². The standard InChI is InChI=1S/C26H32N4O5/c1-17(15-31)28-20-13-21-22(29-25(32)19-10-12-35-16-19)23(26(33)34-2)30(24(21)27-14-20)11-6-9-18-7-4-3-5-8-18/h3-5,7-8,13-14,17,19,28,31H,6,9-12,15-16H2,1-2H3,(H,29,32)/t17-,19+/m1/s1. The summed E-state index contributed by atoms with van der Waals surface area (Å²) in [5.41, 5.74) is 3.12. The maximum Gasteiger partial charge on any atom is 0.356 e. The fourth-order valence-corrected chi connectivity index (χ4v) is 4.34. The van der Waals surface area contributed by atoms with E-state index < -0.39 is 5.97 Å². The van der Waals surface area contributed by atoms with E-state index in [1.54, 1.807) is 6.20 Å². The van der Waals surface area contributed by atoms with Gasteiger partial charge < -0.3 is 29.8 Å². The topological polar surface area (TPSA) is 115 Å². The van der Waals surface area contributed by atoms with Crippen LogP contribution in [0.15, 0.2) is 42.6 Å². The van der Waals surface area contributed by atoms with Gasteiger partial charge in [0, 0.05) is 24.6 Å². The number of amides is 1. The first kappa shape index (κ1) is 24.7. The zero-order chi connectivity index (χ0) is 24.8. The van der Waals surface area contributed by atoms with Crippen molar-refractivity contribution < 1.29 is 24.2 Å².